The number of benzene rings is 1. The minimum Gasteiger partial charge on any atom is -0.491 e. The van der Waals surface area contributed by atoms with E-state index in [0.717, 1.165) is 23.2 Å². The molecule has 0 radical (unpaired) electrons. The zero-order chi connectivity index (χ0) is 14.6. The minimum atomic E-state index is -1.40. The van der Waals surface area contributed by atoms with Gasteiger partial charge >= 0.3 is 0 Å². The summed E-state index contributed by atoms with van der Waals surface area (Å²) in [6, 6.07) is 7.64. The monoisotopic (exact) mass is 342 g/mol. The fraction of sp³-hybridized carbons (Fsp3) is 0.500. The van der Waals surface area contributed by atoms with Crippen LogP contribution in [0.1, 0.15) is 12.8 Å². The number of rotatable bonds is 5. The van der Waals surface area contributed by atoms with Crippen molar-refractivity contribution >= 4 is 21.8 Å². The van der Waals surface area contributed by atoms with Gasteiger partial charge in [-0.15, -0.1) is 0 Å². The van der Waals surface area contributed by atoms with Gasteiger partial charge in [0.1, 0.15) is 12.4 Å². The lowest BCUT2D eigenvalue weighted by Gasteiger charge is -2.36. The molecule has 1 atom stereocenters. The average molecular weight is 343 g/mol. The number of piperidine rings is 1. The van der Waals surface area contributed by atoms with Crippen LogP contribution < -0.4 is 10.5 Å². The Labute approximate surface area is 126 Å². The minimum absolute atomic E-state index is 0.279. The number of ether oxygens (including phenoxy) is 1. The second kappa shape index (κ2) is 6.56. The molecule has 0 saturated carbocycles. The first-order chi connectivity index (χ1) is 9.51. The van der Waals surface area contributed by atoms with Gasteiger partial charge in [0.2, 0.25) is 0 Å². The van der Waals surface area contributed by atoms with Crippen molar-refractivity contribution in [2.75, 3.05) is 26.2 Å². The summed E-state index contributed by atoms with van der Waals surface area (Å²) in [7, 11) is 0. The molecule has 6 heteroatoms. The second-order valence-corrected chi connectivity index (χ2v) is 5.91. The highest BCUT2D eigenvalue weighted by Gasteiger charge is 2.38. The van der Waals surface area contributed by atoms with Gasteiger partial charge in [0.05, 0.1) is 4.47 Å². The van der Waals surface area contributed by atoms with E-state index >= 15 is 0 Å². The van der Waals surface area contributed by atoms with Gasteiger partial charge < -0.3 is 15.6 Å². The third-order valence-electron chi connectivity index (χ3n) is 3.51. The number of para-hydroxylation sites is 1. The maximum absolute atomic E-state index is 11.3. The topological polar surface area (TPSA) is 75.8 Å². The molecule has 0 bridgehead atoms. The van der Waals surface area contributed by atoms with E-state index in [9.17, 15) is 9.90 Å². The highest BCUT2D eigenvalue weighted by atomic mass is 79.9. The van der Waals surface area contributed by atoms with E-state index in [4.69, 9.17) is 10.5 Å². The van der Waals surface area contributed by atoms with Crippen LogP contribution in [-0.4, -0.2) is 47.8 Å². The first-order valence-electron chi connectivity index (χ1n) is 6.63. The largest absolute Gasteiger partial charge is 0.491 e. The first-order valence-corrected chi connectivity index (χ1v) is 7.42. The Balaban J connectivity index is 1.83. The number of primary amides is 1. The number of nitrogens with zero attached hydrogens (tertiary/aromatic N) is 1. The summed E-state index contributed by atoms with van der Waals surface area (Å²) in [4.78, 5) is 13.3. The number of aliphatic hydroxyl groups is 1. The second-order valence-electron chi connectivity index (χ2n) is 5.05. The summed E-state index contributed by atoms with van der Waals surface area (Å²) >= 11 is 3.42. The molecule has 1 aromatic rings. The molecule has 5 nitrogen and oxygen atoms in total. The van der Waals surface area contributed by atoms with E-state index in [1.807, 2.05) is 29.2 Å². The van der Waals surface area contributed by atoms with Gasteiger partial charge in [-0.25, -0.2) is 0 Å². The molecule has 3 N–H and O–H groups in total. The standard InChI is InChI=1S/C14H19BrN2O3/c15-11-4-1-2-5-12(11)20-9-8-17-7-3-6-14(19,10-17)13(16)18/h1-2,4-5,19H,3,6-10H2,(H2,16,18)/t14-/m1/s1. The summed E-state index contributed by atoms with van der Waals surface area (Å²) in [5.41, 5.74) is 3.85. The Morgan fingerprint density at radius 3 is 2.95 bits per heavy atom. The predicted molar refractivity (Wildman–Crippen MR) is 79.5 cm³/mol. The smallest absolute Gasteiger partial charge is 0.250 e. The van der Waals surface area contributed by atoms with Crippen molar-refractivity contribution in [1.29, 1.82) is 0 Å². The molecule has 2 rings (SSSR count). The molecule has 20 heavy (non-hydrogen) atoms. The average Bonchev–Trinajstić information content (AvgIpc) is 2.41. The zero-order valence-corrected chi connectivity index (χ0v) is 12.8. The first kappa shape index (κ1) is 15.3. The van der Waals surface area contributed by atoms with Gasteiger partial charge in [-0.3, -0.25) is 9.69 Å². The summed E-state index contributed by atoms with van der Waals surface area (Å²) in [6.45, 7) is 2.27. The Morgan fingerprint density at radius 2 is 2.25 bits per heavy atom. The van der Waals surface area contributed by atoms with Gasteiger partial charge in [-0.1, -0.05) is 12.1 Å². The molecule has 1 heterocycles. The van der Waals surface area contributed by atoms with E-state index in [0.29, 0.717) is 19.6 Å². The summed E-state index contributed by atoms with van der Waals surface area (Å²) in [5.74, 6) is 0.142. The van der Waals surface area contributed by atoms with Crippen LogP contribution >= 0.6 is 15.9 Å². The normalized spacial score (nSPS) is 23.5. The van der Waals surface area contributed by atoms with Crippen molar-refractivity contribution in [3.8, 4) is 5.75 Å². The number of carbonyl (C=O) groups is 1. The van der Waals surface area contributed by atoms with Crippen LogP contribution in [0, 0.1) is 0 Å². The molecule has 1 aliphatic heterocycles. The Bertz CT molecular complexity index is 483. The van der Waals surface area contributed by atoms with Crippen molar-refractivity contribution in [1.82, 2.24) is 4.90 Å². The summed E-state index contributed by atoms with van der Waals surface area (Å²) in [5, 5.41) is 10.1. The van der Waals surface area contributed by atoms with Gasteiger partial charge in [-0.05, 0) is 47.4 Å². The van der Waals surface area contributed by atoms with Crippen LogP contribution in [0.15, 0.2) is 28.7 Å². The number of carbonyl (C=O) groups excluding carboxylic acids is 1. The van der Waals surface area contributed by atoms with E-state index in [1.165, 1.54) is 0 Å². The molecule has 0 aromatic heterocycles. The molecule has 110 valence electrons. The fourth-order valence-corrected chi connectivity index (χ4v) is 2.76. The molecule has 1 aliphatic rings. The number of hydrogen-bond acceptors (Lipinski definition) is 4. The molecule has 0 aliphatic carbocycles. The number of halogens is 1. The number of amides is 1. The Kier molecular flexibility index (Phi) is 5.01. The molecular formula is C14H19BrN2O3. The van der Waals surface area contributed by atoms with E-state index in [1.54, 1.807) is 0 Å². The lowest BCUT2D eigenvalue weighted by atomic mass is 9.92. The van der Waals surface area contributed by atoms with Crippen molar-refractivity contribution in [2.24, 2.45) is 5.73 Å². The van der Waals surface area contributed by atoms with Crippen LogP contribution in [-0.2, 0) is 4.79 Å². The van der Waals surface area contributed by atoms with Crippen molar-refractivity contribution < 1.29 is 14.6 Å². The van der Waals surface area contributed by atoms with Crippen molar-refractivity contribution in [3.63, 3.8) is 0 Å². The zero-order valence-electron chi connectivity index (χ0n) is 11.2. The summed E-state index contributed by atoms with van der Waals surface area (Å²) < 4.78 is 6.59. The lowest BCUT2D eigenvalue weighted by molar-refractivity contribution is -0.142. The highest BCUT2D eigenvalue weighted by molar-refractivity contribution is 9.10. The molecular weight excluding hydrogens is 324 g/mol. The molecule has 0 spiro atoms. The molecule has 1 aromatic carbocycles. The molecule has 1 saturated heterocycles. The number of β-amino-alcohol motifs (C(OH)–C–C–N with tert-alkyl or cyclic N) is 1. The SMILES string of the molecule is NC(=O)[C@@]1(O)CCCN(CCOc2ccccc2Br)C1. The number of likely N-dealkylation sites (tertiary alicyclic amines) is 1. The lowest BCUT2D eigenvalue weighted by Crippen LogP contribution is -2.56. The van der Waals surface area contributed by atoms with Gasteiger partial charge in [0, 0.05) is 13.1 Å². The third kappa shape index (κ3) is 3.71. The highest BCUT2D eigenvalue weighted by Crippen LogP contribution is 2.24. The predicted octanol–water partition coefficient (Wildman–Crippen LogP) is 1.14. The summed E-state index contributed by atoms with van der Waals surface area (Å²) in [6.07, 6.45) is 1.19. The van der Waals surface area contributed by atoms with Crippen LogP contribution in [0.4, 0.5) is 0 Å². The maximum Gasteiger partial charge on any atom is 0.250 e. The van der Waals surface area contributed by atoms with Crippen molar-refractivity contribution in [3.05, 3.63) is 28.7 Å². The van der Waals surface area contributed by atoms with Crippen molar-refractivity contribution in [2.45, 2.75) is 18.4 Å². The molecule has 1 fully saturated rings. The molecule has 0 unspecified atom stereocenters. The van der Waals surface area contributed by atoms with Crippen LogP contribution in [0.25, 0.3) is 0 Å². The quantitative estimate of drug-likeness (QED) is 0.841. The van der Waals surface area contributed by atoms with Gasteiger partial charge in [-0.2, -0.15) is 0 Å². The fourth-order valence-electron chi connectivity index (χ4n) is 2.36. The molecule has 1 amide bonds. The van der Waals surface area contributed by atoms with E-state index in [2.05, 4.69) is 15.9 Å². The van der Waals surface area contributed by atoms with Crippen LogP contribution in [0.2, 0.25) is 0 Å². The van der Waals surface area contributed by atoms with Crippen LogP contribution in [0.5, 0.6) is 5.75 Å². The maximum atomic E-state index is 11.3. The number of nitrogens with two attached hydrogens (primary N) is 1. The number of hydrogen-bond donors (Lipinski definition) is 2. The van der Waals surface area contributed by atoms with Gasteiger partial charge in [0.25, 0.3) is 5.91 Å². The Morgan fingerprint density at radius 1 is 1.50 bits per heavy atom. The van der Waals surface area contributed by atoms with Gasteiger partial charge in [0.15, 0.2) is 5.60 Å². The van der Waals surface area contributed by atoms with E-state index in [-0.39, 0.29) is 6.54 Å². The Hall–Kier alpha value is -1.11. The van der Waals surface area contributed by atoms with Crippen LogP contribution in [0.3, 0.4) is 0 Å². The third-order valence-corrected chi connectivity index (χ3v) is 4.17. The van der Waals surface area contributed by atoms with E-state index < -0.39 is 11.5 Å².